The first-order chi connectivity index (χ1) is 13.1. The van der Waals surface area contributed by atoms with E-state index < -0.39 is 15.9 Å². The molecule has 2 heterocycles. The summed E-state index contributed by atoms with van der Waals surface area (Å²) in [6.07, 6.45) is 0.422. The van der Waals surface area contributed by atoms with Crippen LogP contribution in [0.4, 0.5) is 10.5 Å². The summed E-state index contributed by atoms with van der Waals surface area (Å²) in [4.78, 5) is 40.4. The zero-order chi connectivity index (χ0) is 20.6. The van der Waals surface area contributed by atoms with Crippen molar-refractivity contribution in [3.05, 3.63) is 29.3 Å². The average molecular weight is 407 g/mol. The predicted octanol–water partition coefficient (Wildman–Crippen LogP) is 1.98. The smallest absolute Gasteiger partial charge is 0.321 e. The van der Waals surface area contributed by atoms with Gasteiger partial charge in [0, 0.05) is 24.8 Å². The second-order valence-corrected chi connectivity index (χ2v) is 9.88. The molecule has 1 aromatic carbocycles. The van der Waals surface area contributed by atoms with E-state index in [1.54, 1.807) is 19.1 Å². The Bertz CT molecular complexity index is 925. The number of imide groups is 1. The van der Waals surface area contributed by atoms with Gasteiger partial charge in [0.15, 0.2) is 9.84 Å². The molecule has 1 aromatic rings. The lowest BCUT2D eigenvalue weighted by Crippen LogP contribution is -2.43. The number of fused-ring (bicyclic) bond motifs is 1. The van der Waals surface area contributed by atoms with Gasteiger partial charge in [-0.05, 0) is 37.5 Å². The summed E-state index contributed by atoms with van der Waals surface area (Å²) in [6, 6.07) is 3.86. The standard InChI is InChI=1S/C19H25N3O5S/c1-4-21(14-7-8-28(26,27)11-14)19(25)20-13-5-6-15-16(9-13)18(24)22(17(15)23)10-12(2)3/h5-6,9,12,14H,4,7-8,10-11H2,1-3H3,(H,20,25). The van der Waals surface area contributed by atoms with E-state index in [-0.39, 0.29) is 40.8 Å². The van der Waals surface area contributed by atoms with Crippen molar-refractivity contribution in [2.45, 2.75) is 33.2 Å². The van der Waals surface area contributed by atoms with Crippen LogP contribution in [0.5, 0.6) is 0 Å². The van der Waals surface area contributed by atoms with Crippen LogP contribution in [0.15, 0.2) is 18.2 Å². The number of carbonyl (C=O) groups is 3. The van der Waals surface area contributed by atoms with Crippen molar-refractivity contribution in [3.8, 4) is 0 Å². The molecule has 0 bridgehead atoms. The molecule has 1 atom stereocenters. The van der Waals surface area contributed by atoms with Crippen LogP contribution < -0.4 is 5.32 Å². The SMILES string of the molecule is CCN(C(=O)Nc1ccc2c(c1)C(=O)N(CC(C)C)C2=O)C1CCS(=O)(=O)C1. The summed E-state index contributed by atoms with van der Waals surface area (Å²) in [5, 5.41) is 2.73. The highest BCUT2D eigenvalue weighted by atomic mass is 32.2. The van der Waals surface area contributed by atoms with Gasteiger partial charge in [-0.25, -0.2) is 13.2 Å². The minimum atomic E-state index is -3.10. The minimum absolute atomic E-state index is 0.0321. The third-order valence-electron chi connectivity index (χ3n) is 5.02. The van der Waals surface area contributed by atoms with Crippen molar-refractivity contribution in [1.29, 1.82) is 0 Å². The predicted molar refractivity (Wildman–Crippen MR) is 105 cm³/mol. The zero-order valence-corrected chi connectivity index (χ0v) is 17.1. The first-order valence-electron chi connectivity index (χ1n) is 9.41. The third kappa shape index (κ3) is 3.89. The summed E-state index contributed by atoms with van der Waals surface area (Å²) in [5.41, 5.74) is 1.00. The van der Waals surface area contributed by atoms with Gasteiger partial charge in [0.2, 0.25) is 0 Å². The van der Waals surface area contributed by atoms with Crippen LogP contribution in [0.2, 0.25) is 0 Å². The molecule has 28 heavy (non-hydrogen) atoms. The quantitative estimate of drug-likeness (QED) is 0.752. The summed E-state index contributed by atoms with van der Waals surface area (Å²) in [5.74, 6) is -0.475. The Morgan fingerprint density at radius 2 is 1.93 bits per heavy atom. The van der Waals surface area contributed by atoms with E-state index in [0.717, 1.165) is 0 Å². The molecule has 0 spiro atoms. The molecule has 3 rings (SSSR count). The maximum atomic E-state index is 12.7. The van der Waals surface area contributed by atoms with Crippen molar-refractivity contribution in [1.82, 2.24) is 9.80 Å². The molecule has 2 aliphatic rings. The fourth-order valence-corrected chi connectivity index (χ4v) is 5.41. The number of benzene rings is 1. The molecule has 8 nitrogen and oxygen atoms in total. The Hall–Kier alpha value is -2.42. The van der Waals surface area contributed by atoms with Crippen molar-refractivity contribution in [2.24, 2.45) is 5.92 Å². The van der Waals surface area contributed by atoms with Gasteiger partial charge in [-0.1, -0.05) is 13.8 Å². The lowest BCUT2D eigenvalue weighted by molar-refractivity contribution is 0.0636. The minimum Gasteiger partial charge on any atom is -0.321 e. The number of hydrogen-bond acceptors (Lipinski definition) is 5. The van der Waals surface area contributed by atoms with E-state index in [0.29, 0.717) is 30.8 Å². The summed E-state index contributed by atoms with van der Waals surface area (Å²) >= 11 is 0. The van der Waals surface area contributed by atoms with Crippen LogP contribution in [0.1, 0.15) is 47.9 Å². The normalized spacial score (nSPS) is 20.6. The molecule has 9 heteroatoms. The fraction of sp³-hybridized carbons (Fsp3) is 0.526. The van der Waals surface area contributed by atoms with Gasteiger partial charge < -0.3 is 10.2 Å². The molecule has 1 N–H and O–H groups in total. The van der Waals surface area contributed by atoms with Crippen molar-refractivity contribution in [3.63, 3.8) is 0 Å². The topological polar surface area (TPSA) is 104 Å². The van der Waals surface area contributed by atoms with Crippen LogP contribution in [0.25, 0.3) is 0 Å². The van der Waals surface area contributed by atoms with Gasteiger partial charge in [0.05, 0.1) is 22.6 Å². The first kappa shape index (κ1) is 20.3. The Kier molecular flexibility index (Phi) is 5.47. The maximum absolute atomic E-state index is 12.7. The number of hydrogen-bond donors (Lipinski definition) is 1. The molecule has 0 aromatic heterocycles. The highest BCUT2D eigenvalue weighted by Gasteiger charge is 2.37. The van der Waals surface area contributed by atoms with Crippen LogP contribution in [-0.4, -0.2) is 66.7 Å². The molecular formula is C19H25N3O5S. The van der Waals surface area contributed by atoms with E-state index in [2.05, 4.69) is 5.32 Å². The molecule has 1 unspecified atom stereocenters. The van der Waals surface area contributed by atoms with Gasteiger partial charge in [-0.2, -0.15) is 0 Å². The lowest BCUT2D eigenvalue weighted by atomic mass is 10.1. The molecule has 1 saturated heterocycles. The van der Waals surface area contributed by atoms with Gasteiger partial charge in [0.25, 0.3) is 11.8 Å². The molecule has 1 fully saturated rings. The second-order valence-electron chi connectivity index (χ2n) is 7.65. The first-order valence-corrected chi connectivity index (χ1v) is 11.2. The number of nitrogens with one attached hydrogen (secondary N) is 1. The van der Waals surface area contributed by atoms with E-state index >= 15 is 0 Å². The van der Waals surface area contributed by atoms with Crippen LogP contribution in [-0.2, 0) is 9.84 Å². The van der Waals surface area contributed by atoms with Crippen molar-refractivity contribution < 1.29 is 22.8 Å². The number of carbonyl (C=O) groups excluding carboxylic acids is 3. The Morgan fingerprint density at radius 1 is 1.25 bits per heavy atom. The number of nitrogens with zero attached hydrogens (tertiary/aromatic N) is 2. The van der Waals surface area contributed by atoms with Crippen molar-refractivity contribution >= 4 is 33.4 Å². The van der Waals surface area contributed by atoms with Crippen molar-refractivity contribution in [2.75, 3.05) is 29.9 Å². The summed E-state index contributed by atoms with van der Waals surface area (Å²) in [7, 11) is -3.10. The van der Waals surface area contributed by atoms with Gasteiger partial charge in [0.1, 0.15) is 0 Å². The Labute approximate surface area is 164 Å². The molecule has 0 radical (unpaired) electrons. The third-order valence-corrected chi connectivity index (χ3v) is 6.77. The Morgan fingerprint density at radius 3 is 2.50 bits per heavy atom. The monoisotopic (exact) mass is 407 g/mol. The van der Waals surface area contributed by atoms with Gasteiger partial charge in [-0.15, -0.1) is 0 Å². The van der Waals surface area contributed by atoms with Crippen LogP contribution >= 0.6 is 0 Å². The summed E-state index contributed by atoms with van der Waals surface area (Å²) < 4.78 is 23.4. The zero-order valence-electron chi connectivity index (χ0n) is 16.3. The molecule has 2 aliphatic heterocycles. The number of urea groups is 1. The molecule has 0 aliphatic carbocycles. The van der Waals surface area contributed by atoms with E-state index in [1.165, 1.54) is 15.9 Å². The number of anilines is 1. The van der Waals surface area contributed by atoms with Crippen LogP contribution in [0, 0.1) is 5.92 Å². The maximum Gasteiger partial charge on any atom is 0.322 e. The van der Waals surface area contributed by atoms with Gasteiger partial charge in [-0.3, -0.25) is 14.5 Å². The molecule has 4 amide bonds. The molecule has 152 valence electrons. The van der Waals surface area contributed by atoms with Gasteiger partial charge >= 0.3 is 6.03 Å². The number of sulfone groups is 1. The summed E-state index contributed by atoms with van der Waals surface area (Å²) in [6.45, 7) is 6.36. The highest BCUT2D eigenvalue weighted by Crippen LogP contribution is 2.27. The molecular weight excluding hydrogens is 382 g/mol. The number of amides is 4. The highest BCUT2D eigenvalue weighted by molar-refractivity contribution is 7.91. The molecule has 0 saturated carbocycles. The number of rotatable bonds is 5. The van der Waals surface area contributed by atoms with E-state index in [9.17, 15) is 22.8 Å². The van der Waals surface area contributed by atoms with E-state index in [4.69, 9.17) is 0 Å². The van der Waals surface area contributed by atoms with E-state index in [1.807, 2.05) is 13.8 Å². The second kappa shape index (κ2) is 7.54. The average Bonchev–Trinajstić information content (AvgIpc) is 3.08. The van der Waals surface area contributed by atoms with Crippen LogP contribution in [0.3, 0.4) is 0 Å². The Balaban J connectivity index is 1.76. The lowest BCUT2D eigenvalue weighted by Gasteiger charge is -2.27. The fourth-order valence-electron chi connectivity index (χ4n) is 3.68. The largest absolute Gasteiger partial charge is 0.322 e.